The Morgan fingerprint density at radius 2 is 1.81 bits per heavy atom. The van der Waals surface area contributed by atoms with Crippen molar-refractivity contribution in [1.29, 1.82) is 0 Å². The van der Waals surface area contributed by atoms with Crippen LogP contribution >= 0.6 is 23.2 Å². The second-order valence-electron chi connectivity index (χ2n) is 5.65. The van der Waals surface area contributed by atoms with Gasteiger partial charge in [0.05, 0.1) is 16.1 Å². The summed E-state index contributed by atoms with van der Waals surface area (Å²) in [6, 6.07) is 4.08. The zero-order chi connectivity index (χ0) is 18.9. The molecule has 1 amide bonds. The number of carbonyl (C=O) groups excluding carboxylic acids is 1. The van der Waals surface area contributed by atoms with Crippen LogP contribution in [0.1, 0.15) is 15.9 Å². The third-order valence-electron chi connectivity index (χ3n) is 4.01. The second kappa shape index (κ2) is 7.28. The molecule has 2 aromatic heterocycles. The SMILES string of the molecule is O=C(c1cccnc1Cl)N1CCN(c2ncc(C(F)(F)F)cc2Cl)CC1. The molecule has 1 saturated heterocycles. The van der Waals surface area contributed by atoms with Crippen LogP contribution in [0.5, 0.6) is 0 Å². The highest BCUT2D eigenvalue weighted by atomic mass is 35.5. The van der Waals surface area contributed by atoms with Crippen LogP contribution in [-0.4, -0.2) is 47.0 Å². The fourth-order valence-corrected chi connectivity index (χ4v) is 3.14. The number of amides is 1. The molecule has 0 aromatic carbocycles. The van der Waals surface area contributed by atoms with E-state index in [-0.39, 0.29) is 21.9 Å². The number of rotatable bonds is 2. The molecule has 0 atom stereocenters. The van der Waals surface area contributed by atoms with Crippen molar-refractivity contribution in [3.8, 4) is 0 Å². The largest absolute Gasteiger partial charge is 0.417 e. The van der Waals surface area contributed by atoms with Crippen molar-refractivity contribution in [2.24, 2.45) is 0 Å². The number of anilines is 1. The van der Waals surface area contributed by atoms with Gasteiger partial charge in [0.2, 0.25) is 0 Å². The lowest BCUT2D eigenvalue weighted by molar-refractivity contribution is -0.137. The van der Waals surface area contributed by atoms with Gasteiger partial charge in [-0.05, 0) is 18.2 Å². The number of aromatic nitrogens is 2. The topological polar surface area (TPSA) is 49.3 Å². The number of halogens is 5. The summed E-state index contributed by atoms with van der Waals surface area (Å²) >= 11 is 11.9. The molecule has 5 nitrogen and oxygen atoms in total. The van der Waals surface area contributed by atoms with Crippen molar-refractivity contribution in [1.82, 2.24) is 14.9 Å². The number of hydrogen-bond donors (Lipinski definition) is 0. The Bertz CT molecular complexity index is 823. The molecular weight excluding hydrogens is 392 g/mol. The van der Waals surface area contributed by atoms with Gasteiger partial charge in [-0.15, -0.1) is 0 Å². The Hall–Kier alpha value is -2.06. The Morgan fingerprint density at radius 1 is 1.12 bits per heavy atom. The minimum atomic E-state index is -4.50. The molecule has 0 unspecified atom stereocenters. The molecular formula is C16H13Cl2F3N4O. The molecule has 0 bridgehead atoms. The van der Waals surface area contributed by atoms with E-state index in [0.29, 0.717) is 31.7 Å². The van der Waals surface area contributed by atoms with Gasteiger partial charge in [-0.3, -0.25) is 4.79 Å². The molecule has 138 valence electrons. The lowest BCUT2D eigenvalue weighted by Crippen LogP contribution is -2.49. The third-order valence-corrected chi connectivity index (χ3v) is 4.58. The highest BCUT2D eigenvalue weighted by Gasteiger charge is 2.32. The number of piperazine rings is 1. The third kappa shape index (κ3) is 3.86. The van der Waals surface area contributed by atoms with Gasteiger partial charge in [0.15, 0.2) is 0 Å². The average molecular weight is 405 g/mol. The van der Waals surface area contributed by atoms with E-state index < -0.39 is 11.7 Å². The Balaban J connectivity index is 1.69. The summed E-state index contributed by atoms with van der Waals surface area (Å²) in [5.41, 5.74) is -0.584. The first-order valence-corrected chi connectivity index (χ1v) is 8.40. The monoisotopic (exact) mass is 404 g/mol. The van der Waals surface area contributed by atoms with Crippen LogP contribution in [0.15, 0.2) is 30.6 Å². The molecule has 10 heteroatoms. The predicted octanol–water partition coefficient (Wildman–Crippen LogP) is 3.76. The molecule has 3 heterocycles. The Morgan fingerprint density at radius 3 is 2.38 bits per heavy atom. The molecule has 1 aliphatic heterocycles. The molecule has 0 N–H and O–H groups in total. The molecule has 3 rings (SSSR count). The maximum absolute atomic E-state index is 12.7. The molecule has 1 fully saturated rings. The fraction of sp³-hybridized carbons (Fsp3) is 0.312. The maximum atomic E-state index is 12.7. The van der Waals surface area contributed by atoms with Gasteiger partial charge in [-0.25, -0.2) is 9.97 Å². The van der Waals surface area contributed by atoms with E-state index in [9.17, 15) is 18.0 Å². The zero-order valence-electron chi connectivity index (χ0n) is 13.3. The quantitative estimate of drug-likeness (QED) is 0.714. The number of nitrogens with zero attached hydrogens (tertiary/aromatic N) is 4. The van der Waals surface area contributed by atoms with Crippen LogP contribution in [0.25, 0.3) is 0 Å². The first-order chi connectivity index (χ1) is 12.3. The van der Waals surface area contributed by atoms with Crippen LogP contribution in [0.3, 0.4) is 0 Å². The molecule has 0 spiro atoms. The van der Waals surface area contributed by atoms with Gasteiger partial charge >= 0.3 is 6.18 Å². The smallest absolute Gasteiger partial charge is 0.352 e. The summed E-state index contributed by atoms with van der Waals surface area (Å²) < 4.78 is 38.1. The van der Waals surface area contributed by atoms with E-state index in [0.717, 1.165) is 12.3 Å². The highest BCUT2D eigenvalue weighted by molar-refractivity contribution is 6.33. The average Bonchev–Trinajstić information content (AvgIpc) is 2.61. The minimum absolute atomic E-state index is 0.0742. The van der Waals surface area contributed by atoms with Crippen molar-refractivity contribution in [2.45, 2.75) is 6.18 Å². The van der Waals surface area contributed by atoms with Crippen LogP contribution in [0.2, 0.25) is 10.2 Å². The summed E-state index contributed by atoms with van der Waals surface area (Å²) in [5.74, 6) is 0.0281. The normalized spacial score (nSPS) is 15.3. The standard InChI is InChI=1S/C16H13Cl2F3N4O/c17-12-8-10(16(19,20)21)9-23-14(12)24-4-6-25(7-5-24)15(26)11-2-1-3-22-13(11)18/h1-3,8-9H,4-7H2. The summed E-state index contributed by atoms with van der Waals surface area (Å²) in [7, 11) is 0. The lowest BCUT2D eigenvalue weighted by atomic mass is 10.2. The fourth-order valence-electron chi connectivity index (χ4n) is 2.66. The summed E-state index contributed by atoms with van der Waals surface area (Å²) in [5, 5.41) is 0.0577. The maximum Gasteiger partial charge on any atom is 0.417 e. The van der Waals surface area contributed by atoms with E-state index in [2.05, 4.69) is 9.97 Å². The van der Waals surface area contributed by atoms with Crippen LogP contribution in [-0.2, 0) is 6.18 Å². The predicted molar refractivity (Wildman–Crippen MR) is 91.6 cm³/mol. The van der Waals surface area contributed by atoms with Crippen molar-refractivity contribution in [2.75, 3.05) is 31.1 Å². The van der Waals surface area contributed by atoms with E-state index in [1.54, 1.807) is 21.9 Å². The number of pyridine rings is 2. The number of alkyl halides is 3. The van der Waals surface area contributed by atoms with Gasteiger partial charge in [0.1, 0.15) is 11.0 Å². The molecule has 0 radical (unpaired) electrons. The van der Waals surface area contributed by atoms with Crippen molar-refractivity contribution >= 4 is 34.9 Å². The van der Waals surface area contributed by atoms with Crippen LogP contribution in [0.4, 0.5) is 19.0 Å². The highest BCUT2D eigenvalue weighted by Crippen LogP contribution is 2.33. The molecule has 0 aliphatic carbocycles. The van der Waals surface area contributed by atoms with E-state index in [1.165, 1.54) is 6.20 Å². The van der Waals surface area contributed by atoms with E-state index >= 15 is 0 Å². The van der Waals surface area contributed by atoms with Gasteiger partial charge in [-0.1, -0.05) is 23.2 Å². The molecule has 1 aliphatic rings. The van der Waals surface area contributed by atoms with Gasteiger partial charge in [0, 0.05) is 38.6 Å². The summed E-state index contributed by atoms with van der Waals surface area (Å²) in [4.78, 5) is 23.6. The van der Waals surface area contributed by atoms with E-state index in [1.807, 2.05) is 0 Å². The van der Waals surface area contributed by atoms with Crippen molar-refractivity contribution in [3.63, 3.8) is 0 Å². The molecule has 26 heavy (non-hydrogen) atoms. The second-order valence-corrected chi connectivity index (χ2v) is 6.41. The van der Waals surface area contributed by atoms with Crippen molar-refractivity contribution < 1.29 is 18.0 Å². The Kier molecular flexibility index (Phi) is 5.24. The van der Waals surface area contributed by atoms with Gasteiger partial charge < -0.3 is 9.80 Å². The number of carbonyl (C=O) groups is 1. The minimum Gasteiger partial charge on any atom is -0.352 e. The molecule has 2 aromatic rings. The summed E-state index contributed by atoms with van der Waals surface area (Å²) in [6.45, 7) is 1.51. The van der Waals surface area contributed by atoms with Crippen molar-refractivity contribution in [3.05, 3.63) is 51.9 Å². The first-order valence-electron chi connectivity index (χ1n) is 7.65. The first kappa shape index (κ1) is 18.7. The van der Waals surface area contributed by atoms with Crippen LogP contribution < -0.4 is 4.90 Å². The molecule has 0 saturated carbocycles. The van der Waals surface area contributed by atoms with Gasteiger partial charge in [0.25, 0.3) is 5.91 Å². The summed E-state index contributed by atoms with van der Waals surface area (Å²) in [6.07, 6.45) is -2.24. The van der Waals surface area contributed by atoms with E-state index in [4.69, 9.17) is 23.2 Å². The van der Waals surface area contributed by atoms with Crippen LogP contribution in [0, 0.1) is 0 Å². The number of hydrogen-bond acceptors (Lipinski definition) is 4. The van der Waals surface area contributed by atoms with Gasteiger partial charge in [-0.2, -0.15) is 13.2 Å². The lowest BCUT2D eigenvalue weighted by Gasteiger charge is -2.35. The zero-order valence-corrected chi connectivity index (χ0v) is 14.8. The Labute approximate surface area is 157 Å².